The van der Waals surface area contributed by atoms with Crippen LogP contribution >= 0.6 is 0 Å². The number of oxazole rings is 1. The summed E-state index contributed by atoms with van der Waals surface area (Å²) in [6, 6.07) is 10.3. The molecule has 1 aromatic heterocycles. The molecule has 0 amide bonds. The number of nitrogens with zero attached hydrogens (tertiary/aromatic N) is 2. The van der Waals surface area contributed by atoms with Gasteiger partial charge in [-0.2, -0.15) is 0 Å². The number of aromatic nitrogens is 1. The van der Waals surface area contributed by atoms with Gasteiger partial charge in [0.2, 0.25) is 15.9 Å². The van der Waals surface area contributed by atoms with Gasteiger partial charge in [0.25, 0.3) is 0 Å². The Kier molecular flexibility index (Phi) is 5.88. The third kappa shape index (κ3) is 5.39. The van der Waals surface area contributed by atoms with Gasteiger partial charge in [-0.1, -0.05) is 36.8 Å². The Morgan fingerprint density at radius 2 is 2.08 bits per heavy atom. The Labute approximate surface area is 149 Å². The highest BCUT2D eigenvalue weighted by Crippen LogP contribution is 2.24. The zero-order valence-electron chi connectivity index (χ0n) is 14.5. The number of nitrogens with one attached hydrogen (secondary N) is 1. The topological polar surface area (TPSA) is 75.4 Å². The Balaban J connectivity index is 1.61. The van der Waals surface area contributed by atoms with Gasteiger partial charge in [-0.15, -0.1) is 0 Å². The average Bonchev–Trinajstić information content (AvgIpc) is 3.05. The van der Waals surface area contributed by atoms with Gasteiger partial charge in [0, 0.05) is 18.2 Å². The van der Waals surface area contributed by atoms with Crippen LogP contribution in [0.25, 0.3) is 11.3 Å². The SMILES string of the molecule is CS(=O)(=O)NCC[C@H]1CCCCN1Cc1ncc(-c2ccccc2)o1. The van der Waals surface area contributed by atoms with E-state index in [4.69, 9.17) is 4.42 Å². The Hall–Kier alpha value is -1.70. The molecular weight excluding hydrogens is 338 g/mol. The summed E-state index contributed by atoms with van der Waals surface area (Å²) >= 11 is 0. The number of hydrogen-bond acceptors (Lipinski definition) is 5. The summed E-state index contributed by atoms with van der Waals surface area (Å²) in [6.45, 7) is 2.13. The summed E-state index contributed by atoms with van der Waals surface area (Å²) in [5.41, 5.74) is 1.02. The van der Waals surface area contributed by atoms with Crippen LogP contribution in [0.1, 0.15) is 31.6 Å². The molecule has 136 valence electrons. The van der Waals surface area contributed by atoms with Crippen LogP contribution in [-0.4, -0.2) is 43.7 Å². The number of hydrogen-bond donors (Lipinski definition) is 1. The van der Waals surface area contributed by atoms with Crippen molar-refractivity contribution in [1.29, 1.82) is 0 Å². The first kappa shape index (κ1) is 18.1. The molecule has 2 aromatic rings. The normalized spacial score (nSPS) is 19.2. The second-order valence-electron chi connectivity index (χ2n) is 6.56. The Morgan fingerprint density at radius 1 is 1.28 bits per heavy atom. The van der Waals surface area contributed by atoms with E-state index >= 15 is 0 Å². The summed E-state index contributed by atoms with van der Waals surface area (Å²) < 4.78 is 31.0. The largest absolute Gasteiger partial charge is 0.439 e. The fourth-order valence-electron chi connectivity index (χ4n) is 3.30. The predicted octanol–water partition coefficient (Wildman–Crippen LogP) is 2.64. The molecule has 25 heavy (non-hydrogen) atoms. The molecule has 1 N–H and O–H groups in total. The van der Waals surface area contributed by atoms with E-state index in [1.165, 1.54) is 12.7 Å². The standard InChI is InChI=1S/C18H25N3O3S/c1-25(22,23)20-11-10-16-9-5-6-12-21(16)14-18-19-13-17(24-18)15-7-3-2-4-8-15/h2-4,7-8,13,16,20H,5-6,9-12,14H2,1H3/t16-/m1/s1. The van der Waals surface area contributed by atoms with Gasteiger partial charge in [-0.05, 0) is 25.8 Å². The summed E-state index contributed by atoms with van der Waals surface area (Å²) in [4.78, 5) is 6.78. The van der Waals surface area contributed by atoms with Crippen molar-refractivity contribution in [2.75, 3.05) is 19.3 Å². The molecule has 1 aliphatic heterocycles. The fourth-order valence-corrected chi connectivity index (χ4v) is 3.79. The second kappa shape index (κ2) is 8.12. The Morgan fingerprint density at radius 3 is 2.84 bits per heavy atom. The number of benzene rings is 1. The molecule has 0 radical (unpaired) electrons. The summed E-state index contributed by atoms with van der Waals surface area (Å²) in [5, 5.41) is 0. The quantitative estimate of drug-likeness (QED) is 0.818. The number of piperidine rings is 1. The zero-order chi connectivity index (χ0) is 17.7. The van der Waals surface area contributed by atoms with Gasteiger partial charge in [0.1, 0.15) is 0 Å². The Bertz CT molecular complexity index is 774. The van der Waals surface area contributed by atoms with Crippen LogP contribution in [0.2, 0.25) is 0 Å². The first-order chi connectivity index (χ1) is 12.0. The smallest absolute Gasteiger partial charge is 0.209 e. The maximum Gasteiger partial charge on any atom is 0.209 e. The molecule has 1 fully saturated rings. The van der Waals surface area contributed by atoms with Crippen LogP contribution < -0.4 is 4.72 Å². The van der Waals surface area contributed by atoms with Crippen LogP contribution in [0.5, 0.6) is 0 Å². The molecule has 1 aliphatic rings. The van der Waals surface area contributed by atoms with Crippen LogP contribution in [0.4, 0.5) is 0 Å². The highest BCUT2D eigenvalue weighted by molar-refractivity contribution is 7.88. The monoisotopic (exact) mass is 363 g/mol. The highest BCUT2D eigenvalue weighted by atomic mass is 32.2. The van der Waals surface area contributed by atoms with Crippen molar-refractivity contribution in [1.82, 2.24) is 14.6 Å². The lowest BCUT2D eigenvalue weighted by atomic mass is 9.99. The van der Waals surface area contributed by atoms with Gasteiger partial charge >= 0.3 is 0 Å². The molecule has 0 aliphatic carbocycles. The summed E-state index contributed by atoms with van der Waals surface area (Å²) in [7, 11) is -3.13. The zero-order valence-corrected chi connectivity index (χ0v) is 15.3. The molecular formula is C18H25N3O3S. The lowest BCUT2D eigenvalue weighted by molar-refractivity contribution is 0.122. The van der Waals surface area contributed by atoms with Gasteiger partial charge < -0.3 is 4.42 Å². The highest BCUT2D eigenvalue weighted by Gasteiger charge is 2.24. The first-order valence-electron chi connectivity index (χ1n) is 8.70. The van der Waals surface area contributed by atoms with Crippen LogP contribution in [0.3, 0.4) is 0 Å². The molecule has 6 nitrogen and oxygen atoms in total. The van der Waals surface area contributed by atoms with E-state index in [9.17, 15) is 8.42 Å². The van der Waals surface area contributed by atoms with Crippen LogP contribution in [0.15, 0.2) is 40.9 Å². The number of rotatable bonds is 7. The van der Waals surface area contributed by atoms with Crippen molar-refractivity contribution in [3.63, 3.8) is 0 Å². The molecule has 0 unspecified atom stereocenters. The lowest BCUT2D eigenvalue weighted by Crippen LogP contribution is -2.41. The van der Waals surface area contributed by atoms with Crippen molar-refractivity contribution in [3.05, 3.63) is 42.4 Å². The fraction of sp³-hybridized carbons (Fsp3) is 0.500. The predicted molar refractivity (Wildman–Crippen MR) is 97.5 cm³/mol. The van der Waals surface area contributed by atoms with E-state index in [-0.39, 0.29) is 0 Å². The minimum absolute atomic E-state index is 0.357. The van der Waals surface area contributed by atoms with Crippen molar-refractivity contribution in [2.24, 2.45) is 0 Å². The van der Waals surface area contributed by atoms with E-state index in [1.54, 1.807) is 6.20 Å². The third-order valence-corrected chi connectivity index (χ3v) is 5.27. The van der Waals surface area contributed by atoms with E-state index in [2.05, 4.69) is 14.6 Å². The van der Waals surface area contributed by atoms with E-state index < -0.39 is 10.0 Å². The maximum atomic E-state index is 11.2. The molecule has 0 saturated carbocycles. The van der Waals surface area contributed by atoms with E-state index in [0.717, 1.165) is 37.1 Å². The van der Waals surface area contributed by atoms with E-state index in [1.807, 2.05) is 30.3 Å². The lowest BCUT2D eigenvalue weighted by Gasteiger charge is -2.34. The molecule has 7 heteroatoms. The molecule has 0 bridgehead atoms. The molecule has 1 aromatic carbocycles. The van der Waals surface area contributed by atoms with Crippen LogP contribution in [-0.2, 0) is 16.6 Å². The van der Waals surface area contributed by atoms with Crippen molar-refractivity contribution < 1.29 is 12.8 Å². The van der Waals surface area contributed by atoms with Crippen molar-refractivity contribution in [2.45, 2.75) is 38.3 Å². The maximum absolute atomic E-state index is 11.2. The molecule has 1 atom stereocenters. The first-order valence-corrected chi connectivity index (χ1v) is 10.6. The average molecular weight is 363 g/mol. The van der Waals surface area contributed by atoms with Gasteiger partial charge in [0.05, 0.1) is 19.0 Å². The van der Waals surface area contributed by atoms with Gasteiger partial charge in [0.15, 0.2) is 5.76 Å². The third-order valence-electron chi connectivity index (χ3n) is 4.54. The van der Waals surface area contributed by atoms with Crippen molar-refractivity contribution >= 4 is 10.0 Å². The van der Waals surface area contributed by atoms with E-state index in [0.29, 0.717) is 25.0 Å². The molecule has 0 spiro atoms. The number of sulfonamides is 1. The summed E-state index contributed by atoms with van der Waals surface area (Å²) in [5.74, 6) is 1.49. The van der Waals surface area contributed by atoms with Crippen LogP contribution in [0, 0.1) is 0 Å². The van der Waals surface area contributed by atoms with Crippen molar-refractivity contribution in [3.8, 4) is 11.3 Å². The van der Waals surface area contributed by atoms with Gasteiger partial charge in [-0.3, -0.25) is 4.90 Å². The summed E-state index contributed by atoms with van der Waals surface area (Å²) in [6.07, 6.45) is 7.19. The minimum atomic E-state index is -3.13. The number of likely N-dealkylation sites (tertiary alicyclic amines) is 1. The molecule has 2 heterocycles. The molecule has 3 rings (SSSR count). The molecule has 1 saturated heterocycles. The van der Waals surface area contributed by atoms with Gasteiger partial charge in [-0.25, -0.2) is 18.1 Å². The second-order valence-corrected chi connectivity index (χ2v) is 8.39. The minimum Gasteiger partial charge on any atom is -0.439 e.